The summed E-state index contributed by atoms with van der Waals surface area (Å²) < 4.78 is 36.8. The molecule has 0 saturated heterocycles. The number of amides is 1. The molecule has 0 spiro atoms. The topological polar surface area (TPSA) is 69.8 Å². The van der Waals surface area contributed by atoms with E-state index in [1.165, 1.54) is 4.90 Å². The Hall–Kier alpha value is -0.930. The molecule has 0 radical (unpaired) electrons. The van der Waals surface area contributed by atoms with Crippen molar-refractivity contribution in [2.45, 2.75) is 19.0 Å². The minimum Gasteiger partial charge on any atom is -0.395 e. The van der Waals surface area contributed by atoms with E-state index < -0.39 is 12.7 Å². The molecule has 20 heavy (non-hydrogen) atoms. The van der Waals surface area contributed by atoms with Crippen molar-refractivity contribution >= 4 is 23.1 Å². The Labute approximate surface area is 121 Å². The minimum atomic E-state index is -4.35. The lowest BCUT2D eigenvalue weighted by molar-refractivity contribution is -0.148. The van der Waals surface area contributed by atoms with Crippen LogP contribution in [0.4, 0.5) is 13.2 Å². The second-order valence-electron chi connectivity index (χ2n) is 4.40. The van der Waals surface area contributed by atoms with Gasteiger partial charge in [-0.2, -0.15) is 13.2 Å². The Morgan fingerprint density at radius 1 is 1.25 bits per heavy atom. The highest BCUT2D eigenvalue weighted by Gasteiger charge is 2.30. The third-order valence-electron chi connectivity index (χ3n) is 2.58. The lowest BCUT2D eigenvalue weighted by Crippen LogP contribution is -2.39. The van der Waals surface area contributed by atoms with Crippen LogP contribution in [0.2, 0.25) is 0 Å². The molecule has 1 amide bonds. The molecule has 0 aromatic heterocycles. The summed E-state index contributed by atoms with van der Waals surface area (Å²) in [7, 11) is 1.54. The van der Waals surface area contributed by atoms with E-state index in [-0.39, 0.29) is 37.0 Å². The van der Waals surface area contributed by atoms with Crippen molar-refractivity contribution in [2.75, 3.05) is 39.8 Å². The molecule has 0 unspecified atom stereocenters. The van der Waals surface area contributed by atoms with Gasteiger partial charge in [0, 0.05) is 39.5 Å². The third-order valence-corrected chi connectivity index (χ3v) is 2.78. The molecule has 0 aliphatic rings. The number of hydrogen-bond donors (Lipinski definition) is 2. The predicted octanol–water partition coefficient (Wildman–Crippen LogP) is 0.368. The van der Waals surface area contributed by atoms with E-state index in [0.717, 1.165) is 4.90 Å². The van der Waals surface area contributed by atoms with Crippen LogP contribution in [0, 0.1) is 0 Å². The zero-order chi connectivity index (χ0) is 15.8. The first-order chi connectivity index (χ1) is 9.15. The summed E-state index contributed by atoms with van der Waals surface area (Å²) >= 11 is 4.68. The van der Waals surface area contributed by atoms with Crippen LogP contribution >= 0.6 is 12.2 Å². The number of aliphatic hydroxyl groups excluding tert-OH is 1. The van der Waals surface area contributed by atoms with Crippen molar-refractivity contribution in [1.29, 1.82) is 0 Å². The second-order valence-corrected chi connectivity index (χ2v) is 4.92. The summed E-state index contributed by atoms with van der Waals surface area (Å²) in [6.45, 7) is -1.37. The van der Waals surface area contributed by atoms with Gasteiger partial charge in [0.2, 0.25) is 5.91 Å². The summed E-state index contributed by atoms with van der Waals surface area (Å²) in [5, 5.41) is 8.72. The van der Waals surface area contributed by atoms with E-state index in [0.29, 0.717) is 13.0 Å². The highest BCUT2D eigenvalue weighted by molar-refractivity contribution is 7.80. The molecular weight excluding hydrogens is 295 g/mol. The van der Waals surface area contributed by atoms with Crippen LogP contribution in [0.25, 0.3) is 0 Å². The van der Waals surface area contributed by atoms with Crippen LogP contribution in [0.5, 0.6) is 0 Å². The largest absolute Gasteiger partial charge is 0.401 e. The Morgan fingerprint density at radius 2 is 1.85 bits per heavy atom. The van der Waals surface area contributed by atoms with E-state index in [1.54, 1.807) is 7.05 Å². The lowest BCUT2D eigenvalue weighted by atomic mass is 10.3. The monoisotopic (exact) mass is 315 g/mol. The van der Waals surface area contributed by atoms with Crippen LogP contribution in [0.3, 0.4) is 0 Å². The quantitative estimate of drug-likeness (QED) is 0.602. The Balaban J connectivity index is 4.19. The Morgan fingerprint density at radius 3 is 2.30 bits per heavy atom. The number of rotatable bonds is 9. The molecule has 0 aliphatic heterocycles. The van der Waals surface area contributed by atoms with Crippen molar-refractivity contribution < 1.29 is 23.1 Å². The molecule has 0 rings (SSSR count). The van der Waals surface area contributed by atoms with Crippen LogP contribution in [-0.4, -0.2) is 71.8 Å². The van der Waals surface area contributed by atoms with Crippen molar-refractivity contribution in [2.24, 2.45) is 5.73 Å². The van der Waals surface area contributed by atoms with Gasteiger partial charge in [0.05, 0.1) is 18.1 Å². The SMILES string of the molecule is CN(CCC(N)=S)C(=O)CCN(CCO)CC(F)(F)F. The van der Waals surface area contributed by atoms with Crippen LogP contribution in [-0.2, 0) is 4.79 Å². The average molecular weight is 315 g/mol. The predicted molar refractivity (Wildman–Crippen MR) is 73.2 cm³/mol. The van der Waals surface area contributed by atoms with E-state index in [4.69, 9.17) is 10.8 Å². The van der Waals surface area contributed by atoms with Crippen LogP contribution < -0.4 is 5.73 Å². The first-order valence-corrected chi connectivity index (χ1v) is 6.48. The number of carbonyl (C=O) groups excluding carboxylic acids is 1. The molecule has 0 atom stereocenters. The summed E-state index contributed by atoms with van der Waals surface area (Å²) in [5.74, 6) is -0.286. The fraction of sp³-hybridized carbons (Fsp3) is 0.818. The number of carbonyl (C=O) groups is 1. The normalized spacial score (nSPS) is 11.7. The molecule has 0 aromatic carbocycles. The number of nitrogens with zero attached hydrogens (tertiary/aromatic N) is 2. The minimum absolute atomic E-state index is 0.0517. The first kappa shape index (κ1) is 19.1. The van der Waals surface area contributed by atoms with Gasteiger partial charge in [-0.25, -0.2) is 0 Å². The van der Waals surface area contributed by atoms with Crippen LogP contribution in [0.1, 0.15) is 12.8 Å². The maximum atomic E-state index is 12.3. The molecule has 0 aliphatic carbocycles. The number of nitrogens with two attached hydrogens (primary N) is 1. The molecule has 118 valence electrons. The first-order valence-electron chi connectivity index (χ1n) is 6.08. The fourth-order valence-electron chi connectivity index (χ4n) is 1.51. The Kier molecular flexibility index (Phi) is 8.67. The van der Waals surface area contributed by atoms with E-state index >= 15 is 0 Å². The highest BCUT2D eigenvalue weighted by Crippen LogP contribution is 2.16. The summed E-state index contributed by atoms with van der Waals surface area (Å²) in [6, 6.07) is 0. The molecule has 9 heteroatoms. The molecule has 0 bridgehead atoms. The van der Waals surface area contributed by atoms with E-state index in [2.05, 4.69) is 12.2 Å². The summed E-state index contributed by atoms with van der Waals surface area (Å²) in [4.78, 5) is 14.4. The number of hydrogen-bond acceptors (Lipinski definition) is 4. The van der Waals surface area contributed by atoms with Gasteiger partial charge in [0.15, 0.2) is 0 Å². The maximum Gasteiger partial charge on any atom is 0.401 e. The molecule has 0 saturated carbocycles. The number of halogens is 3. The van der Waals surface area contributed by atoms with Crippen molar-refractivity contribution in [3.63, 3.8) is 0 Å². The van der Waals surface area contributed by atoms with Gasteiger partial charge in [0.25, 0.3) is 0 Å². The Bertz CT molecular complexity index is 327. The zero-order valence-corrected chi connectivity index (χ0v) is 12.1. The standard InChI is InChI=1S/C11H20F3N3O2S/c1-16(4-2-9(15)20)10(19)3-5-17(6-7-18)8-11(12,13)14/h18H,2-8H2,1H3,(H2,15,20). The molecule has 0 heterocycles. The van der Waals surface area contributed by atoms with Crippen molar-refractivity contribution in [3.05, 3.63) is 0 Å². The number of aliphatic hydroxyl groups is 1. The average Bonchev–Trinajstić information content (AvgIpc) is 2.31. The third kappa shape index (κ3) is 9.93. The fourth-order valence-corrected chi connectivity index (χ4v) is 1.60. The second kappa shape index (κ2) is 9.09. The van der Waals surface area contributed by atoms with E-state index in [1.807, 2.05) is 0 Å². The van der Waals surface area contributed by atoms with Gasteiger partial charge in [-0.1, -0.05) is 12.2 Å². The molecular formula is C11H20F3N3O2S. The van der Waals surface area contributed by atoms with Crippen molar-refractivity contribution in [1.82, 2.24) is 9.80 Å². The molecule has 0 fully saturated rings. The van der Waals surface area contributed by atoms with Crippen molar-refractivity contribution in [3.8, 4) is 0 Å². The molecule has 0 aromatic rings. The zero-order valence-electron chi connectivity index (χ0n) is 11.3. The molecule has 5 nitrogen and oxygen atoms in total. The van der Waals surface area contributed by atoms with Gasteiger partial charge >= 0.3 is 6.18 Å². The smallest absolute Gasteiger partial charge is 0.395 e. The van der Waals surface area contributed by atoms with Gasteiger partial charge < -0.3 is 15.7 Å². The summed E-state index contributed by atoms with van der Waals surface area (Å²) in [5.41, 5.74) is 5.30. The number of alkyl halides is 3. The number of thiocarbonyl (C=S) groups is 1. The van der Waals surface area contributed by atoms with Gasteiger partial charge in [-0.3, -0.25) is 9.69 Å². The van der Waals surface area contributed by atoms with Crippen LogP contribution in [0.15, 0.2) is 0 Å². The molecule has 3 N–H and O–H groups in total. The maximum absolute atomic E-state index is 12.3. The summed E-state index contributed by atoms with van der Waals surface area (Å²) in [6.07, 6.45) is -4.03. The van der Waals surface area contributed by atoms with Gasteiger partial charge in [-0.15, -0.1) is 0 Å². The van der Waals surface area contributed by atoms with Gasteiger partial charge in [0.1, 0.15) is 0 Å². The highest BCUT2D eigenvalue weighted by atomic mass is 32.1. The van der Waals surface area contributed by atoms with Gasteiger partial charge in [-0.05, 0) is 0 Å². The van der Waals surface area contributed by atoms with E-state index in [9.17, 15) is 18.0 Å². The lowest BCUT2D eigenvalue weighted by Gasteiger charge is -2.24.